The van der Waals surface area contributed by atoms with Gasteiger partial charge in [-0.3, -0.25) is 0 Å². The van der Waals surface area contributed by atoms with E-state index >= 15 is 0 Å². The molecule has 19 heavy (non-hydrogen) atoms. The van der Waals surface area contributed by atoms with Gasteiger partial charge >= 0.3 is 0 Å². The fourth-order valence-electron chi connectivity index (χ4n) is 1.93. The fraction of sp³-hybridized carbons (Fsp3) is 0.267. The van der Waals surface area contributed by atoms with Crippen molar-refractivity contribution in [2.45, 2.75) is 26.4 Å². The van der Waals surface area contributed by atoms with Crippen molar-refractivity contribution in [3.63, 3.8) is 0 Å². The molecule has 1 aromatic heterocycles. The van der Waals surface area contributed by atoms with Gasteiger partial charge in [-0.15, -0.1) is 0 Å². The van der Waals surface area contributed by atoms with Gasteiger partial charge in [-0.05, 0) is 37.6 Å². The molecule has 0 spiro atoms. The maximum absolute atomic E-state index is 6.00. The van der Waals surface area contributed by atoms with Gasteiger partial charge in [0, 0.05) is 24.5 Å². The number of nitrogens with zero attached hydrogens (tertiary/aromatic N) is 2. The van der Waals surface area contributed by atoms with Crippen molar-refractivity contribution in [2.24, 2.45) is 0 Å². The SMILES string of the molecule is CC(C)N(Cc1ccccc1N)c1ccc(Cl)cn1. The molecule has 0 unspecified atom stereocenters. The Balaban J connectivity index is 2.26. The Bertz CT molecular complexity index is 537. The Morgan fingerprint density at radius 1 is 1.21 bits per heavy atom. The molecular weight excluding hydrogens is 258 g/mol. The molecule has 2 N–H and O–H groups in total. The largest absolute Gasteiger partial charge is 0.398 e. The second-order valence-corrected chi connectivity index (χ2v) is 5.19. The lowest BCUT2D eigenvalue weighted by molar-refractivity contribution is 0.673. The molecule has 4 heteroatoms. The molecule has 0 aliphatic carbocycles. The third-order valence-electron chi connectivity index (χ3n) is 3.03. The van der Waals surface area contributed by atoms with Crippen LogP contribution < -0.4 is 10.6 Å². The van der Waals surface area contributed by atoms with Crippen molar-refractivity contribution in [1.82, 2.24) is 4.98 Å². The van der Waals surface area contributed by atoms with E-state index in [-0.39, 0.29) is 0 Å². The summed E-state index contributed by atoms with van der Waals surface area (Å²) in [5.41, 5.74) is 7.92. The highest BCUT2D eigenvalue weighted by molar-refractivity contribution is 6.30. The normalized spacial score (nSPS) is 10.7. The van der Waals surface area contributed by atoms with E-state index < -0.39 is 0 Å². The average molecular weight is 276 g/mol. The van der Waals surface area contributed by atoms with Crippen LogP contribution in [0.5, 0.6) is 0 Å². The first kappa shape index (κ1) is 13.7. The number of rotatable bonds is 4. The number of pyridine rings is 1. The summed E-state index contributed by atoms with van der Waals surface area (Å²) in [6.45, 7) is 5.00. The van der Waals surface area contributed by atoms with E-state index in [1.54, 1.807) is 6.20 Å². The van der Waals surface area contributed by atoms with Gasteiger partial charge in [-0.1, -0.05) is 29.8 Å². The summed E-state index contributed by atoms with van der Waals surface area (Å²) < 4.78 is 0. The molecule has 0 saturated carbocycles. The van der Waals surface area contributed by atoms with Crippen molar-refractivity contribution >= 4 is 23.1 Å². The van der Waals surface area contributed by atoms with Crippen LogP contribution in [0.2, 0.25) is 5.02 Å². The summed E-state index contributed by atoms with van der Waals surface area (Å²) in [7, 11) is 0. The predicted octanol–water partition coefficient (Wildman–Crippen LogP) is 3.73. The molecule has 0 bridgehead atoms. The number of hydrogen-bond donors (Lipinski definition) is 1. The summed E-state index contributed by atoms with van der Waals surface area (Å²) in [4.78, 5) is 6.58. The molecule has 0 aliphatic heterocycles. The third-order valence-corrected chi connectivity index (χ3v) is 3.25. The number of benzene rings is 1. The Morgan fingerprint density at radius 3 is 2.53 bits per heavy atom. The van der Waals surface area contributed by atoms with Gasteiger partial charge in [-0.25, -0.2) is 4.98 Å². The maximum Gasteiger partial charge on any atom is 0.129 e. The summed E-state index contributed by atoms with van der Waals surface area (Å²) in [6.07, 6.45) is 1.67. The van der Waals surface area contributed by atoms with E-state index in [0.29, 0.717) is 11.1 Å². The first-order chi connectivity index (χ1) is 9.08. The lowest BCUT2D eigenvalue weighted by atomic mass is 10.1. The van der Waals surface area contributed by atoms with Crippen molar-refractivity contribution in [2.75, 3.05) is 10.6 Å². The van der Waals surface area contributed by atoms with E-state index in [1.807, 2.05) is 36.4 Å². The van der Waals surface area contributed by atoms with Gasteiger partial charge in [0.1, 0.15) is 5.82 Å². The Labute approximate surface area is 119 Å². The predicted molar refractivity (Wildman–Crippen MR) is 81.4 cm³/mol. The van der Waals surface area contributed by atoms with Gasteiger partial charge in [-0.2, -0.15) is 0 Å². The first-order valence-corrected chi connectivity index (χ1v) is 6.67. The highest BCUT2D eigenvalue weighted by atomic mass is 35.5. The molecule has 2 rings (SSSR count). The minimum absolute atomic E-state index is 0.327. The fourth-order valence-corrected chi connectivity index (χ4v) is 2.04. The first-order valence-electron chi connectivity index (χ1n) is 6.29. The second-order valence-electron chi connectivity index (χ2n) is 4.76. The number of nitrogens with two attached hydrogens (primary N) is 1. The third kappa shape index (κ3) is 3.38. The standard InChI is InChI=1S/C15H18ClN3/c1-11(2)19(15-8-7-13(16)9-18-15)10-12-5-3-4-6-14(12)17/h3-9,11H,10,17H2,1-2H3. The van der Waals surface area contributed by atoms with Gasteiger partial charge in [0.2, 0.25) is 0 Å². The molecule has 0 saturated heterocycles. The van der Waals surface area contributed by atoms with Crippen molar-refractivity contribution in [3.05, 3.63) is 53.2 Å². The van der Waals surface area contributed by atoms with Gasteiger partial charge in [0.15, 0.2) is 0 Å². The number of nitrogen functional groups attached to an aromatic ring is 1. The summed E-state index contributed by atoms with van der Waals surface area (Å²) in [5, 5.41) is 0.645. The summed E-state index contributed by atoms with van der Waals surface area (Å²) >= 11 is 5.88. The zero-order chi connectivity index (χ0) is 13.8. The van der Waals surface area contributed by atoms with Crippen LogP contribution >= 0.6 is 11.6 Å². The summed E-state index contributed by atoms with van der Waals surface area (Å²) in [5.74, 6) is 0.905. The van der Waals surface area contributed by atoms with Crippen molar-refractivity contribution in [3.8, 4) is 0 Å². The van der Waals surface area contributed by atoms with Crippen molar-refractivity contribution < 1.29 is 0 Å². The molecule has 100 valence electrons. The monoisotopic (exact) mass is 275 g/mol. The second kappa shape index (κ2) is 5.93. The topological polar surface area (TPSA) is 42.1 Å². The minimum Gasteiger partial charge on any atom is -0.398 e. The molecule has 1 aromatic carbocycles. The van der Waals surface area contributed by atoms with Crippen LogP contribution in [0.25, 0.3) is 0 Å². The molecule has 0 radical (unpaired) electrons. The lowest BCUT2D eigenvalue weighted by Crippen LogP contribution is -2.31. The van der Waals surface area contributed by atoms with Crippen LogP contribution in [0, 0.1) is 0 Å². The zero-order valence-electron chi connectivity index (χ0n) is 11.2. The van der Waals surface area contributed by atoms with Gasteiger partial charge in [0.05, 0.1) is 5.02 Å². The van der Waals surface area contributed by atoms with Crippen LogP contribution in [0.15, 0.2) is 42.6 Å². The van der Waals surface area contributed by atoms with Crippen LogP contribution in [-0.2, 0) is 6.54 Å². The van der Waals surface area contributed by atoms with E-state index in [2.05, 4.69) is 23.7 Å². The molecule has 1 heterocycles. The summed E-state index contributed by atoms with van der Waals surface area (Å²) in [6, 6.07) is 12.0. The smallest absolute Gasteiger partial charge is 0.129 e. The van der Waals surface area contributed by atoms with E-state index in [9.17, 15) is 0 Å². The highest BCUT2D eigenvalue weighted by Crippen LogP contribution is 2.21. The Hall–Kier alpha value is -1.74. The molecule has 2 aromatic rings. The van der Waals surface area contributed by atoms with Gasteiger partial charge < -0.3 is 10.6 Å². The quantitative estimate of drug-likeness (QED) is 0.865. The molecular formula is C15H18ClN3. The number of halogens is 1. The van der Waals surface area contributed by atoms with Crippen LogP contribution in [0.4, 0.5) is 11.5 Å². The Morgan fingerprint density at radius 2 is 1.95 bits per heavy atom. The van der Waals surface area contributed by atoms with Crippen LogP contribution in [-0.4, -0.2) is 11.0 Å². The number of aromatic nitrogens is 1. The minimum atomic E-state index is 0.327. The molecule has 0 fully saturated rings. The Kier molecular flexibility index (Phi) is 4.27. The maximum atomic E-state index is 6.00. The molecule has 3 nitrogen and oxygen atoms in total. The van der Waals surface area contributed by atoms with Crippen LogP contribution in [0.1, 0.15) is 19.4 Å². The van der Waals surface area contributed by atoms with E-state index in [1.165, 1.54) is 0 Å². The lowest BCUT2D eigenvalue weighted by Gasteiger charge is -2.28. The zero-order valence-corrected chi connectivity index (χ0v) is 11.9. The van der Waals surface area contributed by atoms with E-state index in [4.69, 9.17) is 17.3 Å². The van der Waals surface area contributed by atoms with Gasteiger partial charge in [0.25, 0.3) is 0 Å². The number of hydrogen-bond acceptors (Lipinski definition) is 3. The number of anilines is 2. The molecule has 0 amide bonds. The molecule has 0 atom stereocenters. The number of para-hydroxylation sites is 1. The highest BCUT2D eigenvalue weighted by Gasteiger charge is 2.13. The average Bonchev–Trinajstić information content (AvgIpc) is 2.39. The van der Waals surface area contributed by atoms with E-state index in [0.717, 1.165) is 23.6 Å². The van der Waals surface area contributed by atoms with Crippen molar-refractivity contribution in [1.29, 1.82) is 0 Å². The molecule has 0 aliphatic rings. The van der Waals surface area contributed by atoms with Crippen LogP contribution in [0.3, 0.4) is 0 Å².